The number of carbonyl (C=O) groups is 3. The number of thiocarbonyl (C=S) groups is 1. The minimum absolute atomic E-state index is 0. The summed E-state index contributed by atoms with van der Waals surface area (Å²) in [7, 11) is 0. The van der Waals surface area contributed by atoms with Gasteiger partial charge in [-0.3, -0.25) is 14.5 Å². The van der Waals surface area contributed by atoms with Gasteiger partial charge in [0.05, 0.1) is 46.4 Å². The number of halogens is 1. The van der Waals surface area contributed by atoms with Gasteiger partial charge in [0.2, 0.25) is 5.91 Å². The zero-order valence-electron chi connectivity index (χ0n) is 24.3. The minimum Gasteiger partial charge on any atom is -0.545 e. The van der Waals surface area contributed by atoms with Crippen molar-refractivity contribution in [3.63, 3.8) is 0 Å². The molecule has 1 saturated carbocycles. The van der Waals surface area contributed by atoms with E-state index in [1.807, 2.05) is 9.80 Å². The Balaban J connectivity index is 0.00000221. The standard InChI is InChI=1S/C27H27FN4O7S3.2Na/c1-12(33)20-23(35)32-21(26(38)39)19(42-24(20)32)11-41-27(40)30-6-4-29(5-7-30)18-9-17-14(8-16(18)28)22(34)15(25(36)37)10-31(17)13-2-3-13;;/h8-10,12-13,20,24,33H,2-7,11H2,1H3,(H,36,37)(H,38,39);;/q;2*+1/p-2/t12-,20-,24-;;/m1../s1. The maximum absolute atomic E-state index is 15.3. The maximum Gasteiger partial charge on any atom is 1.00 e. The molecule has 6 rings (SSSR count). The van der Waals surface area contributed by atoms with Gasteiger partial charge in [0.1, 0.15) is 15.5 Å². The summed E-state index contributed by atoms with van der Waals surface area (Å²) in [5.41, 5.74) is -0.644. The largest absolute Gasteiger partial charge is 1.00 e. The van der Waals surface area contributed by atoms with Gasteiger partial charge in [0, 0.05) is 54.5 Å². The summed E-state index contributed by atoms with van der Waals surface area (Å²) in [6, 6.07) is 2.75. The van der Waals surface area contributed by atoms with Crippen LogP contribution in [0.4, 0.5) is 10.1 Å². The number of amides is 1. The van der Waals surface area contributed by atoms with E-state index in [0.29, 0.717) is 46.6 Å². The van der Waals surface area contributed by atoms with Crippen LogP contribution < -0.4 is 79.7 Å². The fourth-order valence-corrected chi connectivity index (χ4v) is 8.65. The van der Waals surface area contributed by atoms with E-state index in [4.69, 9.17) is 12.2 Å². The quantitative estimate of drug-likeness (QED) is 0.169. The number of fused-ring (bicyclic) bond motifs is 2. The molecule has 1 aromatic carbocycles. The number of nitrogens with zero attached hydrogens (tertiary/aromatic N) is 4. The molecule has 11 nitrogen and oxygen atoms in total. The average molecular weight is 679 g/mol. The molecule has 0 radical (unpaired) electrons. The summed E-state index contributed by atoms with van der Waals surface area (Å²) in [6.07, 6.45) is 2.06. The molecule has 0 bridgehead atoms. The molecule has 2 saturated heterocycles. The van der Waals surface area contributed by atoms with Crippen LogP contribution in [0.15, 0.2) is 33.7 Å². The van der Waals surface area contributed by atoms with Crippen LogP contribution in [0.25, 0.3) is 10.9 Å². The van der Waals surface area contributed by atoms with Crippen molar-refractivity contribution in [1.82, 2.24) is 14.4 Å². The second-order valence-electron chi connectivity index (χ2n) is 10.7. The van der Waals surface area contributed by atoms with Crippen LogP contribution in [0, 0.1) is 11.7 Å². The number of aliphatic carboxylic acids is 1. The van der Waals surface area contributed by atoms with Crippen LogP contribution in [0.5, 0.6) is 0 Å². The summed E-state index contributed by atoms with van der Waals surface area (Å²) in [4.78, 5) is 53.9. The molecule has 1 amide bonds. The number of hydrogen-bond donors (Lipinski definition) is 1. The number of rotatable bonds is 7. The SMILES string of the molecule is C[C@@H](O)[C@@H]1C(=O)N2C(C(=O)[O-])=C(CSC(=S)N3CCN(c4cc5c(cc4F)c(=O)c(C(=O)[O-])cn5C4CC4)CC3)S[C@H]12.[Na+].[Na+]. The molecule has 222 valence electrons. The smallest absolute Gasteiger partial charge is 0.545 e. The number of β-lactam (4-membered cyclic amide) rings is 1. The Bertz CT molecular complexity index is 1640. The second kappa shape index (κ2) is 13.9. The summed E-state index contributed by atoms with van der Waals surface area (Å²) in [5.74, 6) is -4.54. The molecule has 1 aliphatic carbocycles. The molecular formula is C27H25FN4Na2O7S3. The second-order valence-corrected chi connectivity index (χ2v) is 13.5. The van der Waals surface area contributed by atoms with E-state index >= 15 is 4.39 Å². The third-order valence-electron chi connectivity index (χ3n) is 8.03. The van der Waals surface area contributed by atoms with Gasteiger partial charge in [-0.2, -0.15) is 0 Å². The number of aromatic carboxylic acids is 1. The molecule has 4 heterocycles. The number of piperazine rings is 1. The number of aliphatic hydroxyl groups excluding tert-OH is 1. The Labute approximate surface area is 309 Å². The molecule has 1 aromatic heterocycles. The van der Waals surface area contributed by atoms with Gasteiger partial charge in [0.25, 0.3) is 0 Å². The van der Waals surface area contributed by atoms with E-state index in [0.717, 1.165) is 18.9 Å². The van der Waals surface area contributed by atoms with Crippen molar-refractivity contribution in [3.8, 4) is 0 Å². The van der Waals surface area contributed by atoms with Crippen LogP contribution >= 0.6 is 35.7 Å². The number of pyridine rings is 1. The van der Waals surface area contributed by atoms with Gasteiger partial charge in [-0.1, -0.05) is 24.0 Å². The number of benzene rings is 1. The molecule has 1 N–H and O–H groups in total. The average Bonchev–Trinajstić information content (AvgIpc) is 3.73. The van der Waals surface area contributed by atoms with E-state index in [2.05, 4.69) is 0 Å². The number of hydrogen-bond acceptors (Lipinski definition) is 11. The van der Waals surface area contributed by atoms with E-state index < -0.39 is 52.1 Å². The van der Waals surface area contributed by atoms with Crippen LogP contribution in [-0.4, -0.2) is 85.0 Å². The van der Waals surface area contributed by atoms with Crippen molar-refractivity contribution in [2.24, 2.45) is 5.92 Å². The minimum atomic E-state index is -1.59. The molecule has 0 unspecified atom stereocenters. The zero-order valence-corrected chi connectivity index (χ0v) is 30.7. The van der Waals surface area contributed by atoms with Crippen LogP contribution in [-0.2, 0) is 9.59 Å². The molecule has 4 aliphatic rings. The molecular weight excluding hydrogens is 653 g/mol. The fraction of sp³-hybridized carbons (Fsp3) is 0.444. The topological polar surface area (TPSA) is 149 Å². The van der Waals surface area contributed by atoms with E-state index in [-0.39, 0.29) is 82.0 Å². The number of carbonyl (C=O) groups excluding carboxylic acids is 3. The van der Waals surface area contributed by atoms with E-state index in [9.17, 15) is 34.5 Å². The predicted octanol–water partition coefficient (Wildman–Crippen LogP) is -6.14. The van der Waals surface area contributed by atoms with E-state index in [1.54, 1.807) is 10.6 Å². The summed E-state index contributed by atoms with van der Waals surface area (Å²) < 4.78 is 17.5. The van der Waals surface area contributed by atoms with Crippen molar-refractivity contribution < 1.29 is 93.2 Å². The fourth-order valence-electron chi connectivity index (χ4n) is 5.69. The Morgan fingerprint density at radius 2 is 1.80 bits per heavy atom. The maximum atomic E-state index is 15.3. The summed E-state index contributed by atoms with van der Waals surface area (Å²) in [5, 5.41) is 32.7. The zero-order chi connectivity index (χ0) is 30.0. The van der Waals surface area contributed by atoms with Gasteiger partial charge >= 0.3 is 59.1 Å². The number of aromatic nitrogens is 1. The van der Waals surface area contributed by atoms with Crippen molar-refractivity contribution in [2.75, 3.05) is 36.8 Å². The third kappa shape index (κ3) is 6.38. The van der Waals surface area contributed by atoms with Crippen LogP contribution in [0.2, 0.25) is 0 Å². The van der Waals surface area contributed by atoms with Crippen molar-refractivity contribution in [2.45, 2.75) is 37.3 Å². The molecule has 3 fully saturated rings. The third-order valence-corrected chi connectivity index (χ3v) is 11.1. The van der Waals surface area contributed by atoms with Gasteiger partial charge in [-0.25, -0.2) is 4.39 Å². The van der Waals surface area contributed by atoms with Gasteiger partial charge in [-0.05, 0) is 31.9 Å². The number of thioether (sulfide) groups is 2. The molecule has 2 aromatic rings. The van der Waals surface area contributed by atoms with Crippen LogP contribution in [0.3, 0.4) is 0 Å². The Morgan fingerprint density at radius 3 is 2.36 bits per heavy atom. The predicted molar refractivity (Wildman–Crippen MR) is 155 cm³/mol. The number of anilines is 1. The molecule has 0 spiro atoms. The first-order chi connectivity index (χ1) is 20.0. The van der Waals surface area contributed by atoms with Crippen molar-refractivity contribution in [1.29, 1.82) is 0 Å². The Morgan fingerprint density at radius 1 is 1.14 bits per heavy atom. The Kier molecular flexibility index (Phi) is 11.3. The van der Waals surface area contributed by atoms with Crippen molar-refractivity contribution >= 4 is 74.5 Å². The molecule has 3 aliphatic heterocycles. The molecule has 44 heavy (non-hydrogen) atoms. The van der Waals surface area contributed by atoms with Crippen LogP contribution in [0.1, 0.15) is 36.2 Å². The first-order valence-corrected chi connectivity index (χ1v) is 15.6. The summed E-state index contributed by atoms with van der Waals surface area (Å²) in [6.45, 7) is 3.30. The monoisotopic (exact) mass is 678 g/mol. The van der Waals surface area contributed by atoms with Gasteiger partial charge in [0.15, 0.2) is 5.43 Å². The normalized spacial score (nSPS) is 21.8. The van der Waals surface area contributed by atoms with Gasteiger partial charge in [-0.15, -0.1) is 11.8 Å². The Hall–Kier alpha value is -1.14. The van der Waals surface area contributed by atoms with Gasteiger partial charge < -0.3 is 39.3 Å². The summed E-state index contributed by atoms with van der Waals surface area (Å²) >= 11 is 8.11. The molecule has 3 atom stereocenters. The number of carboxylic acid groups (broad SMARTS) is 2. The number of carboxylic acids is 2. The van der Waals surface area contributed by atoms with Crippen molar-refractivity contribution in [3.05, 3.63) is 50.5 Å². The number of aliphatic hydroxyl groups is 1. The van der Waals surface area contributed by atoms with E-state index in [1.165, 1.54) is 41.5 Å². The molecule has 17 heteroatoms. The first-order valence-electron chi connectivity index (χ1n) is 13.4. The first kappa shape index (κ1) is 35.7.